The predicted octanol–water partition coefficient (Wildman–Crippen LogP) is 1.30. The van der Waals surface area contributed by atoms with Gasteiger partial charge in [-0.15, -0.1) is 5.10 Å². The van der Waals surface area contributed by atoms with E-state index in [0.717, 1.165) is 43.6 Å². The number of tetrazole rings is 1. The molecule has 0 aliphatic carbocycles. The number of nitrogens with zero attached hydrogens (tertiary/aromatic N) is 5. The van der Waals surface area contributed by atoms with E-state index < -0.39 is 0 Å². The summed E-state index contributed by atoms with van der Waals surface area (Å²) in [5.41, 5.74) is 2.44. The van der Waals surface area contributed by atoms with E-state index in [1.165, 1.54) is 16.2 Å². The van der Waals surface area contributed by atoms with Crippen LogP contribution in [0.15, 0.2) is 18.2 Å². The molecule has 0 bridgehead atoms. The largest absolute Gasteiger partial charge is 0.360 e. The van der Waals surface area contributed by atoms with Gasteiger partial charge in [0.05, 0.1) is 31.7 Å². The van der Waals surface area contributed by atoms with Gasteiger partial charge in [0, 0.05) is 10.7 Å². The van der Waals surface area contributed by atoms with Gasteiger partial charge in [-0.25, -0.2) is 4.68 Å². The Morgan fingerprint density at radius 1 is 1.21 bits per heavy atom. The van der Waals surface area contributed by atoms with Crippen LogP contribution in [0.25, 0.3) is 0 Å². The average molecular weight is 350 g/mol. The molecule has 0 amide bonds. The number of hydrogen-bond acceptors (Lipinski definition) is 4. The number of piperazine rings is 1. The van der Waals surface area contributed by atoms with Gasteiger partial charge in [0.25, 0.3) is 0 Å². The number of aromatic nitrogens is 4. The van der Waals surface area contributed by atoms with E-state index in [1.54, 1.807) is 0 Å². The number of aryl methyl sites for hydroxylation is 1. The molecule has 1 saturated heterocycles. The van der Waals surface area contributed by atoms with Gasteiger partial charge in [-0.2, -0.15) is 0 Å². The third kappa shape index (κ3) is 3.70. The van der Waals surface area contributed by atoms with Gasteiger partial charge in [0.1, 0.15) is 6.54 Å². The van der Waals surface area contributed by atoms with E-state index in [-0.39, 0.29) is 5.54 Å². The highest BCUT2D eigenvalue weighted by Gasteiger charge is 2.26. The number of halogens is 1. The Balaban J connectivity index is 1.64. The first-order valence-corrected chi connectivity index (χ1v) is 8.85. The second-order valence-corrected chi connectivity index (χ2v) is 7.96. The van der Waals surface area contributed by atoms with Gasteiger partial charge in [-0.3, -0.25) is 0 Å². The summed E-state index contributed by atoms with van der Waals surface area (Å²) in [7, 11) is 0. The second-order valence-electron chi connectivity index (χ2n) is 7.52. The minimum Gasteiger partial charge on any atom is -0.360 e. The van der Waals surface area contributed by atoms with Crippen LogP contribution in [0.2, 0.25) is 5.02 Å². The number of nitrogens with one attached hydrogen (secondary N) is 1. The fourth-order valence-electron chi connectivity index (χ4n) is 3.22. The number of hydrogen-bond donors (Lipinski definition) is 1. The van der Waals surface area contributed by atoms with Crippen molar-refractivity contribution in [2.24, 2.45) is 0 Å². The Labute approximate surface area is 148 Å². The van der Waals surface area contributed by atoms with Gasteiger partial charge < -0.3 is 9.80 Å². The van der Waals surface area contributed by atoms with E-state index in [1.807, 2.05) is 10.7 Å². The van der Waals surface area contributed by atoms with E-state index in [0.29, 0.717) is 0 Å². The van der Waals surface area contributed by atoms with E-state index in [2.05, 4.69) is 60.3 Å². The van der Waals surface area contributed by atoms with Gasteiger partial charge in [-0.1, -0.05) is 17.7 Å². The van der Waals surface area contributed by atoms with E-state index >= 15 is 0 Å². The summed E-state index contributed by atoms with van der Waals surface area (Å²) in [6.45, 7) is 13.6. The van der Waals surface area contributed by atoms with Gasteiger partial charge in [0.15, 0.2) is 0 Å². The van der Waals surface area contributed by atoms with Crippen molar-refractivity contribution in [1.29, 1.82) is 0 Å². The third-order valence-corrected chi connectivity index (χ3v) is 4.80. The van der Waals surface area contributed by atoms with Gasteiger partial charge in [0.2, 0.25) is 5.82 Å². The fourth-order valence-corrected chi connectivity index (χ4v) is 3.39. The zero-order valence-corrected chi connectivity index (χ0v) is 15.6. The smallest absolute Gasteiger partial charge is 0.206 e. The first kappa shape index (κ1) is 17.2. The molecule has 0 unspecified atom stereocenters. The maximum Gasteiger partial charge on any atom is 0.206 e. The zero-order chi connectivity index (χ0) is 17.3. The normalized spacial score (nSPS) is 16.6. The molecule has 7 heteroatoms. The lowest BCUT2D eigenvalue weighted by Gasteiger charge is -2.34. The molecule has 2 aromatic rings. The molecule has 1 aliphatic rings. The zero-order valence-electron chi connectivity index (χ0n) is 14.9. The molecule has 0 atom stereocenters. The Bertz CT molecular complexity index is 697. The van der Waals surface area contributed by atoms with Crippen molar-refractivity contribution in [3.8, 4) is 0 Å². The van der Waals surface area contributed by atoms with Crippen LogP contribution >= 0.6 is 11.6 Å². The molecule has 1 aromatic carbocycles. The lowest BCUT2D eigenvalue weighted by molar-refractivity contribution is -0.915. The van der Waals surface area contributed by atoms with Crippen molar-refractivity contribution in [2.75, 3.05) is 31.1 Å². The molecule has 3 rings (SSSR count). The monoisotopic (exact) mass is 349 g/mol. The highest BCUT2D eigenvalue weighted by molar-refractivity contribution is 6.30. The number of benzene rings is 1. The van der Waals surface area contributed by atoms with Crippen LogP contribution in [-0.4, -0.2) is 46.4 Å². The van der Waals surface area contributed by atoms with Crippen molar-refractivity contribution < 1.29 is 4.90 Å². The second kappa shape index (κ2) is 6.69. The van der Waals surface area contributed by atoms with Crippen LogP contribution in [0.1, 0.15) is 32.2 Å². The highest BCUT2D eigenvalue weighted by Crippen LogP contribution is 2.24. The maximum atomic E-state index is 6.16. The molecular formula is C17H26ClN6+. The van der Waals surface area contributed by atoms with E-state index in [4.69, 9.17) is 11.6 Å². The SMILES string of the molecule is Cc1ccc(Cl)cc1N1CC[NH+](Cc2nnnn2C(C)(C)C)CC1. The summed E-state index contributed by atoms with van der Waals surface area (Å²) in [6, 6.07) is 6.12. The molecule has 0 radical (unpaired) electrons. The molecule has 6 nitrogen and oxygen atoms in total. The molecule has 1 fully saturated rings. The quantitative estimate of drug-likeness (QED) is 0.907. The standard InChI is InChI=1S/C17H25ClN6/c1-13-5-6-14(18)11-15(13)23-9-7-22(8-10-23)12-16-19-20-21-24(16)17(2,3)4/h5-6,11H,7-10,12H2,1-4H3/p+1. The Hall–Kier alpha value is -1.66. The molecule has 1 aromatic heterocycles. The van der Waals surface area contributed by atoms with Crippen LogP contribution < -0.4 is 9.80 Å². The third-order valence-electron chi connectivity index (χ3n) is 4.56. The van der Waals surface area contributed by atoms with Crippen molar-refractivity contribution in [3.63, 3.8) is 0 Å². The summed E-state index contributed by atoms with van der Waals surface area (Å²) in [5, 5.41) is 13.0. The van der Waals surface area contributed by atoms with Crippen molar-refractivity contribution in [2.45, 2.75) is 39.8 Å². The summed E-state index contributed by atoms with van der Waals surface area (Å²) in [4.78, 5) is 3.95. The average Bonchev–Trinajstić information content (AvgIpc) is 2.99. The molecule has 0 saturated carbocycles. The maximum absolute atomic E-state index is 6.16. The van der Waals surface area contributed by atoms with Crippen molar-refractivity contribution in [1.82, 2.24) is 20.2 Å². The first-order chi connectivity index (χ1) is 11.3. The molecule has 1 aliphatic heterocycles. The summed E-state index contributed by atoms with van der Waals surface area (Å²) in [5.74, 6) is 0.963. The lowest BCUT2D eigenvalue weighted by Crippen LogP contribution is -3.13. The van der Waals surface area contributed by atoms with Crippen LogP contribution in [0.5, 0.6) is 0 Å². The van der Waals surface area contributed by atoms with Gasteiger partial charge in [-0.05, 0) is 55.8 Å². The minimum absolute atomic E-state index is 0.0853. The summed E-state index contributed by atoms with van der Waals surface area (Å²) in [6.07, 6.45) is 0. The van der Waals surface area contributed by atoms with Crippen LogP contribution in [-0.2, 0) is 12.1 Å². The number of quaternary nitrogens is 1. The molecular weight excluding hydrogens is 324 g/mol. The van der Waals surface area contributed by atoms with Crippen LogP contribution in [0.3, 0.4) is 0 Å². The predicted molar refractivity (Wildman–Crippen MR) is 95.6 cm³/mol. The topological polar surface area (TPSA) is 51.3 Å². The van der Waals surface area contributed by atoms with E-state index in [9.17, 15) is 0 Å². The van der Waals surface area contributed by atoms with Gasteiger partial charge >= 0.3 is 0 Å². The number of anilines is 1. The molecule has 24 heavy (non-hydrogen) atoms. The molecule has 2 heterocycles. The molecule has 0 spiro atoms. The lowest BCUT2D eigenvalue weighted by atomic mass is 10.1. The Morgan fingerprint density at radius 2 is 1.92 bits per heavy atom. The molecule has 1 N–H and O–H groups in total. The van der Waals surface area contributed by atoms with Crippen molar-refractivity contribution >= 4 is 17.3 Å². The van der Waals surface area contributed by atoms with Crippen LogP contribution in [0, 0.1) is 6.92 Å². The summed E-state index contributed by atoms with van der Waals surface area (Å²) < 4.78 is 1.94. The van der Waals surface area contributed by atoms with Crippen molar-refractivity contribution in [3.05, 3.63) is 34.6 Å². The fraction of sp³-hybridized carbons (Fsp3) is 0.588. The number of rotatable bonds is 3. The van der Waals surface area contributed by atoms with Crippen LogP contribution in [0.4, 0.5) is 5.69 Å². The summed E-state index contributed by atoms with van der Waals surface area (Å²) >= 11 is 6.16. The highest BCUT2D eigenvalue weighted by atomic mass is 35.5. The first-order valence-electron chi connectivity index (χ1n) is 8.47. The minimum atomic E-state index is -0.0853. The molecule has 130 valence electrons. The Morgan fingerprint density at radius 3 is 2.58 bits per heavy atom. The Kier molecular flexibility index (Phi) is 4.78.